The molecule has 114 valence electrons. The average molecular weight is 338 g/mol. The largest absolute Gasteiger partial charge is 0.331 e. The van der Waals surface area contributed by atoms with E-state index in [4.69, 9.17) is 11.6 Å². The van der Waals surface area contributed by atoms with Crippen molar-refractivity contribution in [2.45, 2.75) is 4.90 Å². The molecule has 6 nitrogen and oxygen atoms in total. The van der Waals surface area contributed by atoms with Gasteiger partial charge >= 0.3 is 6.03 Å². The molecule has 2 rings (SSSR count). The van der Waals surface area contributed by atoms with Crippen LogP contribution >= 0.6 is 23.5 Å². The van der Waals surface area contributed by atoms with E-state index in [1.54, 1.807) is 42.5 Å². The summed E-state index contributed by atoms with van der Waals surface area (Å²) in [6.45, 7) is 0. The van der Waals surface area contributed by atoms with Crippen molar-refractivity contribution in [1.82, 2.24) is 4.31 Å². The number of hydrogen-bond donors (Lipinski definition) is 1. The number of benzene rings is 2. The predicted molar refractivity (Wildman–Crippen MR) is 87.2 cm³/mol. The first kappa shape index (κ1) is 16.1. The van der Waals surface area contributed by atoms with Gasteiger partial charge in [0, 0.05) is 23.8 Å². The Balaban J connectivity index is 2.07. The van der Waals surface area contributed by atoms with Crippen molar-refractivity contribution in [1.29, 1.82) is 0 Å². The average Bonchev–Trinajstić information content (AvgIpc) is 2.47. The van der Waals surface area contributed by atoms with Crippen LogP contribution in [0.4, 0.5) is 16.2 Å². The quantitative estimate of drug-likeness (QED) is 0.509. The Hall–Kier alpha value is -2.25. The van der Waals surface area contributed by atoms with Crippen LogP contribution in [0.15, 0.2) is 53.4 Å². The molecular formula is C14H12ClN3O3S. The number of nitrogens with zero attached hydrogens (tertiary/aromatic N) is 2. The number of rotatable bonds is 4. The number of carbonyl (C=O) groups is 1. The number of nitro benzene ring substituents is 1. The molecule has 2 aromatic rings. The third-order valence-electron chi connectivity index (χ3n) is 2.66. The Morgan fingerprint density at radius 2 is 2.00 bits per heavy atom. The van der Waals surface area contributed by atoms with Gasteiger partial charge in [-0.25, -0.2) is 4.79 Å². The predicted octanol–water partition coefficient (Wildman–Crippen LogP) is 4.42. The first-order valence-electron chi connectivity index (χ1n) is 6.19. The van der Waals surface area contributed by atoms with Gasteiger partial charge in [-0.2, -0.15) is 0 Å². The number of nitro groups is 1. The fourth-order valence-corrected chi connectivity index (χ4v) is 2.63. The highest BCUT2D eigenvalue weighted by molar-refractivity contribution is 7.97. The van der Waals surface area contributed by atoms with E-state index in [2.05, 4.69) is 5.32 Å². The van der Waals surface area contributed by atoms with E-state index in [0.717, 1.165) is 11.9 Å². The number of carbonyl (C=O) groups excluding carboxylic acids is 1. The molecule has 0 atom stereocenters. The zero-order chi connectivity index (χ0) is 16.1. The van der Waals surface area contributed by atoms with Crippen LogP contribution in [0.2, 0.25) is 5.02 Å². The van der Waals surface area contributed by atoms with Gasteiger partial charge < -0.3 is 5.32 Å². The Morgan fingerprint density at radius 3 is 2.68 bits per heavy atom. The van der Waals surface area contributed by atoms with Gasteiger partial charge in [0.2, 0.25) is 0 Å². The zero-order valence-electron chi connectivity index (χ0n) is 11.5. The summed E-state index contributed by atoms with van der Waals surface area (Å²) in [5.74, 6) is 0. The Morgan fingerprint density at radius 1 is 1.27 bits per heavy atom. The maximum atomic E-state index is 12.1. The SMILES string of the molecule is CN(Sc1ccccc1[N+](=O)[O-])C(=O)Nc1cccc(Cl)c1. The minimum atomic E-state index is -0.481. The van der Waals surface area contributed by atoms with Gasteiger partial charge in [0.25, 0.3) is 5.69 Å². The Bertz CT molecular complexity index is 711. The molecule has 1 N–H and O–H groups in total. The highest BCUT2D eigenvalue weighted by Gasteiger charge is 2.18. The smallest absolute Gasteiger partial charge is 0.307 e. The maximum absolute atomic E-state index is 12.1. The normalized spacial score (nSPS) is 10.1. The fourth-order valence-electron chi connectivity index (χ4n) is 1.64. The van der Waals surface area contributed by atoms with Gasteiger partial charge in [-0.15, -0.1) is 0 Å². The molecule has 22 heavy (non-hydrogen) atoms. The second-order valence-electron chi connectivity index (χ2n) is 4.25. The molecule has 0 bridgehead atoms. The summed E-state index contributed by atoms with van der Waals surface area (Å²) in [6, 6.07) is 12.6. The Kier molecular flexibility index (Phi) is 5.24. The number of amides is 2. The molecule has 0 unspecified atom stereocenters. The van der Waals surface area contributed by atoms with E-state index in [-0.39, 0.29) is 5.69 Å². The number of anilines is 1. The molecule has 0 aliphatic rings. The van der Waals surface area contributed by atoms with E-state index in [1.165, 1.54) is 17.4 Å². The topological polar surface area (TPSA) is 75.5 Å². The van der Waals surface area contributed by atoms with Crippen LogP contribution in [0.1, 0.15) is 0 Å². The van der Waals surface area contributed by atoms with Crippen molar-refractivity contribution >= 4 is 41.0 Å². The molecule has 0 fully saturated rings. The van der Waals surface area contributed by atoms with E-state index >= 15 is 0 Å². The summed E-state index contributed by atoms with van der Waals surface area (Å²) >= 11 is 6.82. The second-order valence-corrected chi connectivity index (χ2v) is 5.86. The first-order valence-corrected chi connectivity index (χ1v) is 7.34. The van der Waals surface area contributed by atoms with Crippen LogP contribution in [-0.2, 0) is 0 Å². The van der Waals surface area contributed by atoms with Crippen molar-refractivity contribution in [2.75, 3.05) is 12.4 Å². The fraction of sp³-hybridized carbons (Fsp3) is 0.0714. The summed E-state index contributed by atoms with van der Waals surface area (Å²) < 4.78 is 1.28. The van der Waals surface area contributed by atoms with Crippen molar-refractivity contribution in [3.05, 3.63) is 63.7 Å². The second kappa shape index (κ2) is 7.15. The van der Waals surface area contributed by atoms with Gasteiger partial charge in [-0.3, -0.25) is 14.4 Å². The third-order valence-corrected chi connectivity index (χ3v) is 3.88. The molecule has 8 heteroatoms. The van der Waals surface area contributed by atoms with Crippen LogP contribution in [0.3, 0.4) is 0 Å². The van der Waals surface area contributed by atoms with Gasteiger partial charge in [0.1, 0.15) is 4.90 Å². The van der Waals surface area contributed by atoms with E-state index in [1.807, 2.05) is 0 Å². The lowest BCUT2D eigenvalue weighted by molar-refractivity contribution is -0.387. The lowest BCUT2D eigenvalue weighted by Gasteiger charge is -2.16. The molecular weight excluding hydrogens is 326 g/mol. The van der Waals surface area contributed by atoms with Crippen molar-refractivity contribution in [3.8, 4) is 0 Å². The van der Waals surface area contributed by atoms with Crippen molar-refractivity contribution < 1.29 is 9.72 Å². The Labute approximate surface area is 136 Å². The molecule has 0 heterocycles. The number of halogens is 1. The molecule has 0 saturated carbocycles. The summed E-state index contributed by atoms with van der Waals surface area (Å²) in [5.41, 5.74) is 0.502. The van der Waals surface area contributed by atoms with E-state index < -0.39 is 11.0 Å². The van der Waals surface area contributed by atoms with Crippen LogP contribution in [-0.4, -0.2) is 22.3 Å². The monoisotopic (exact) mass is 337 g/mol. The third kappa shape index (κ3) is 4.12. The molecule has 2 amide bonds. The summed E-state index contributed by atoms with van der Waals surface area (Å²) in [4.78, 5) is 23.0. The van der Waals surface area contributed by atoms with Crippen LogP contribution in [0.5, 0.6) is 0 Å². The summed E-state index contributed by atoms with van der Waals surface area (Å²) in [7, 11) is 1.53. The standard InChI is InChI=1S/C14H12ClN3O3S/c1-17(14(19)16-11-6-4-5-10(15)9-11)22-13-8-3-2-7-12(13)18(20)21/h2-9H,1H3,(H,16,19). The molecule has 0 aliphatic heterocycles. The maximum Gasteiger partial charge on any atom is 0.331 e. The number of para-hydroxylation sites is 1. The van der Waals surface area contributed by atoms with Gasteiger partial charge in [0.15, 0.2) is 0 Å². The minimum absolute atomic E-state index is 0.0464. The van der Waals surface area contributed by atoms with E-state index in [0.29, 0.717) is 15.6 Å². The van der Waals surface area contributed by atoms with Crippen LogP contribution in [0.25, 0.3) is 0 Å². The van der Waals surface area contributed by atoms with E-state index in [9.17, 15) is 14.9 Å². The van der Waals surface area contributed by atoms with Gasteiger partial charge in [-0.05, 0) is 36.2 Å². The number of nitrogens with one attached hydrogen (secondary N) is 1. The number of urea groups is 1. The molecule has 0 aromatic heterocycles. The van der Waals surface area contributed by atoms with Crippen LogP contribution < -0.4 is 5.32 Å². The molecule has 0 spiro atoms. The molecule has 0 saturated heterocycles. The minimum Gasteiger partial charge on any atom is -0.307 e. The van der Waals surface area contributed by atoms with Crippen molar-refractivity contribution in [3.63, 3.8) is 0 Å². The summed E-state index contributed by atoms with van der Waals surface area (Å²) in [6.07, 6.45) is 0. The summed E-state index contributed by atoms with van der Waals surface area (Å²) in [5, 5.41) is 14.1. The first-order chi connectivity index (χ1) is 10.5. The zero-order valence-corrected chi connectivity index (χ0v) is 13.1. The molecule has 0 aliphatic carbocycles. The lowest BCUT2D eigenvalue weighted by Crippen LogP contribution is -2.25. The van der Waals surface area contributed by atoms with Crippen LogP contribution in [0, 0.1) is 10.1 Å². The highest BCUT2D eigenvalue weighted by atomic mass is 35.5. The molecule has 0 radical (unpaired) electrons. The number of hydrogen-bond acceptors (Lipinski definition) is 4. The van der Waals surface area contributed by atoms with Gasteiger partial charge in [-0.1, -0.05) is 29.8 Å². The van der Waals surface area contributed by atoms with Gasteiger partial charge in [0.05, 0.1) is 4.92 Å². The lowest BCUT2D eigenvalue weighted by atomic mass is 10.3. The highest BCUT2D eigenvalue weighted by Crippen LogP contribution is 2.30. The van der Waals surface area contributed by atoms with Crippen molar-refractivity contribution in [2.24, 2.45) is 0 Å². The molecule has 2 aromatic carbocycles.